The van der Waals surface area contributed by atoms with Crippen LogP contribution >= 0.6 is 0 Å². The van der Waals surface area contributed by atoms with Crippen molar-refractivity contribution in [3.63, 3.8) is 0 Å². The van der Waals surface area contributed by atoms with Crippen LogP contribution in [0.4, 0.5) is 39.3 Å². The van der Waals surface area contributed by atoms with Crippen LogP contribution < -0.4 is 68.8 Å². The average Bonchev–Trinajstić information content (AvgIpc) is 1.56. The third-order valence-corrected chi connectivity index (χ3v) is 24.0. The van der Waals surface area contributed by atoms with Crippen LogP contribution in [0.5, 0.6) is 0 Å². The number of alkyl halides is 1. The number of nitrogens with zero attached hydrogens (tertiary/aromatic N) is 24. The van der Waals surface area contributed by atoms with Gasteiger partial charge in [-0.15, -0.1) is 0 Å². The van der Waals surface area contributed by atoms with Gasteiger partial charge in [-0.25, -0.2) is 64.2 Å². The summed E-state index contributed by atoms with van der Waals surface area (Å²) >= 11 is 0. The summed E-state index contributed by atoms with van der Waals surface area (Å²) in [4.78, 5) is 124. The molecule has 25 atom stereocenters. The third kappa shape index (κ3) is 19.8. The van der Waals surface area contributed by atoms with Crippen LogP contribution in [0, 0.1) is 34.6 Å². The first-order chi connectivity index (χ1) is 68.4. The molecule has 1 unspecified atom stereocenters. The van der Waals surface area contributed by atoms with E-state index in [0.29, 0.717) is 23.3 Å². The summed E-state index contributed by atoms with van der Waals surface area (Å²) < 4.78 is 54.7. The molecule has 65 nitrogen and oxygen atoms in total. The predicted octanol–water partition coefficient (Wildman–Crippen LogP) is -9.30. The Balaban J connectivity index is 0.000000146. The summed E-state index contributed by atoms with van der Waals surface area (Å²) in [6.07, 6.45) is -20.9. The minimum Gasteiger partial charge on any atom is -0.394 e. The lowest BCUT2D eigenvalue weighted by Gasteiger charge is -2.23. The molecule has 0 bridgehead atoms. The zero-order valence-electron chi connectivity index (χ0n) is 76.6. The summed E-state index contributed by atoms with van der Waals surface area (Å²) in [5.74, 6) is -2.74. The number of aliphatic hydroxyl groups excluding tert-OH is 17. The van der Waals surface area contributed by atoms with Crippen molar-refractivity contribution in [1.82, 2.24) is 87.2 Å². The Hall–Kier alpha value is -15.0. The lowest BCUT2D eigenvalue weighted by molar-refractivity contribution is -0.123. The molecule has 6 amide bonds. The first-order valence-electron chi connectivity index (χ1n) is 43.0. The normalized spacial score (nSPS) is 27.5. The number of aryl methyl sites for hydroxylation is 5. The highest BCUT2D eigenvalue weighted by Crippen LogP contribution is 2.45. The highest BCUT2D eigenvalue weighted by atomic mass is 19.1. The molecule has 6 aliphatic rings. The standard InChI is InChI=1S/C14H19N5O5.C13H16FN5O4.C13H16N8O5.C13H16N8O4.C13H17N5O6.C13H17N5O5/c1-4(20)10-8(21)9(22)14(24-10)19-3-6(12(16)23)7-11(15)17-5(2)18-13(7)19;1-4-17-10(15)7-5(11(16)22)2-19(12(7)18-4)13-9(21)8(14)6(3-20)23-13;1-4-17-9(14)6-5(10(15)25)2-21(11(6)18-4)12-7(23)8(24)13(3-22,26-12)19-20-16;1-4-17-10(14)7-5(11(15)24)2-21(12(7)18-4)13-9(23)8(19-20-16)6(3-22)25-13;14-10-7-4(11(15)23)1-18(12(7)17-6(3-20)16-10)13-9(22)8(21)5(2-19)24-13;1-4-16-10(14)7-5(11(15)22)2-18(12(7)17-4)13-9(21)8(20)6(3-19)23-13/h3-4,8-10,14,20-22H,1-2H3,(H2,16,23)(H2,15,17,18);2,6,8-9,13,20-21H,3H2,1H3,(H2,16,22)(H2,15,17,18);2,7-8,12,22-24H,3H2,1H3,(H2,15,25)(H2,14,17,18);2,6,8-9,13,22-23H,3H2,1H3,(H2,15,24)(H2,14,17,18);1,5,8-9,13,19-22H,2-3H2,(H2,15,23)(H2,14,16,17);2,6,8-9,13,19-21H,3H2,1H3,(H2,15,22)(H2,14,16,17)/t4?,8-,9+,10+,14+;6-,8-,9-,13-;7-,8+,12-,13-;6-,8-,9-,13-;5-,8-,9-,13-;6-,8-,9-,13-/m011110/s1. The summed E-state index contributed by atoms with van der Waals surface area (Å²) in [7, 11) is 0. The van der Waals surface area contributed by atoms with Gasteiger partial charge in [0.1, 0.15) is 190 Å². The first-order valence-corrected chi connectivity index (χ1v) is 43.0. The molecule has 18 rings (SSSR count). The summed E-state index contributed by atoms with van der Waals surface area (Å²) in [6, 6.07) is -1.00. The van der Waals surface area contributed by atoms with Crippen LogP contribution in [-0.2, 0) is 35.0 Å². The average molecular weight is 2040 g/mol. The predicted molar refractivity (Wildman–Crippen MR) is 489 cm³/mol. The number of primary amides is 6. The van der Waals surface area contributed by atoms with Crippen molar-refractivity contribution >= 4 is 137 Å². The molecular formula is C79H101FN36O29. The summed E-state index contributed by atoms with van der Waals surface area (Å²) in [5.41, 5.74) is 83.9. The van der Waals surface area contributed by atoms with E-state index in [1.54, 1.807) is 34.6 Å². The second kappa shape index (κ2) is 42.5. The van der Waals surface area contributed by atoms with Crippen LogP contribution in [-0.4, -0.2) is 358 Å². The van der Waals surface area contributed by atoms with E-state index in [4.69, 9.17) is 113 Å². The van der Waals surface area contributed by atoms with Gasteiger partial charge >= 0.3 is 0 Å². The number of carbonyl (C=O) groups excluding carboxylic acids is 6. The Labute approximate surface area is 808 Å². The molecule has 0 aliphatic carbocycles. The molecule has 41 N–H and O–H groups in total. The highest BCUT2D eigenvalue weighted by Gasteiger charge is 2.56. The lowest BCUT2D eigenvalue weighted by atomic mass is 10.1. The van der Waals surface area contributed by atoms with Gasteiger partial charge in [0.15, 0.2) is 49.4 Å². The van der Waals surface area contributed by atoms with E-state index in [1.165, 1.54) is 71.5 Å². The van der Waals surface area contributed by atoms with E-state index in [-0.39, 0.29) is 146 Å². The molecule has 12 aromatic rings. The van der Waals surface area contributed by atoms with Crippen molar-refractivity contribution in [1.29, 1.82) is 0 Å². The third-order valence-electron chi connectivity index (χ3n) is 24.0. The number of azide groups is 2. The van der Waals surface area contributed by atoms with Crippen molar-refractivity contribution in [3.05, 3.63) is 126 Å². The van der Waals surface area contributed by atoms with Gasteiger partial charge in [-0.2, -0.15) is 0 Å². The van der Waals surface area contributed by atoms with Crippen LogP contribution in [0.3, 0.4) is 0 Å². The maximum absolute atomic E-state index is 13.9. The Morgan fingerprint density at radius 1 is 0.379 bits per heavy atom. The van der Waals surface area contributed by atoms with Crippen LogP contribution in [0.25, 0.3) is 87.1 Å². The van der Waals surface area contributed by atoms with Gasteiger partial charge < -0.3 is 211 Å². The first kappa shape index (κ1) is 107. The second-order valence-corrected chi connectivity index (χ2v) is 33.5. The van der Waals surface area contributed by atoms with Crippen LogP contribution in [0.1, 0.15) is 141 Å². The molecular weight excluding hydrogens is 1940 g/mol. The fourth-order valence-electron chi connectivity index (χ4n) is 17.3. The van der Waals surface area contributed by atoms with Gasteiger partial charge in [0.25, 0.3) is 35.4 Å². The molecule has 18 heterocycles. The minimum atomic E-state index is -2.10. The summed E-state index contributed by atoms with van der Waals surface area (Å²) in [5, 5.41) is 175. The smallest absolute Gasteiger partial charge is 0.251 e. The number of rotatable bonds is 21. The largest absolute Gasteiger partial charge is 0.394 e. The topological polar surface area (TPSA) is 1100 Å². The number of anilines is 6. The Bertz CT molecular complexity index is 6980. The van der Waals surface area contributed by atoms with E-state index in [9.17, 15) is 115 Å². The van der Waals surface area contributed by atoms with Gasteiger partial charge in [0, 0.05) is 47.0 Å². The number of carbonyl (C=O) groups is 6. The van der Waals surface area contributed by atoms with Crippen LogP contribution in [0.15, 0.2) is 47.4 Å². The number of nitrogen functional groups attached to an aromatic ring is 6. The number of halogens is 1. The van der Waals surface area contributed by atoms with Crippen LogP contribution in [0.2, 0.25) is 0 Å². The molecule has 0 radical (unpaired) electrons. The number of aliphatic hydroxyl groups is 17. The molecule has 66 heteroatoms. The molecule has 778 valence electrons. The maximum atomic E-state index is 13.9. The van der Waals surface area contributed by atoms with Crippen molar-refractivity contribution < 1.29 is 148 Å². The number of nitrogens with two attached hydrogens (primary N) is 12. The second-order valence-electron chi connectivity index (χ2n) is 33.5. The molecule has 6 saturated heterocycles. The van der Waals surface area contributed by atoms with Crippen molar-refractivity contribution in [2.24, 2.45) is 44.6 Å². The van der Waals surface area contributed by atoms with E-state index in [0.717, 1.165) is 0 Å². The van der Waals surface area contributed by atoms with Gasteiger partial charge in [0.2, 0.25) is 5.72 Å². The Kier molecular flexibility index (Phi) is 31.4. The molecule has 0 saturated carbocycles. The zero-order valence-corrected chi connectivity index (χ0v) is 76.6. The number of amides is 6. The quantitative estimate of drug-likeness (QED) is 0.0180. The van der Waals surface area contributed by atoms with Gasteiger partial charge in [-0.1, -0.05) is 10.2 Å². The van der Waals surface area contributed by atoms with Crippen molar-refractivity contribution in [2.45, 2.75) is 201 Å². The van der Waals surface area contributed by atoms with E-state index < -0.39 is 228 Å². The molecule has 0 spiro atoms. The SMILES string of the molecule is Cc1nc(N)c2c(C(N)=O)cn([C@@H]3O[C@@](CO)(N=[N+]=[N-])[C@@H](O)[C@H]3O)c2n1.Cc1nc(N)c2c(C(N)=O)cn([C@@H]3O[C@H](C(C)O)[C@@H](O)[C@H]3O)c2n1.Cc1nc(N)c2c(C(N)=O)cn([C@@H]3O[C@H](CO)[C@@H](F)[C@H]3O)c2n1.Cc1nc(N)c2c(C(N)=O)cn([C@@H]3O[C@H](CO)[C@@H](N=[N+]=[N-])[C@H]3O)c2n1.Cc1nc(N)c2c(C(N)=O)cn([C@H]3O[C@@H](CO)[C@H](O)[C@@H]3O)c2n1.NC(=O)c1cn([C@@H]2O[C@H](CO)[C@@H](O)[C@H]2O)c2nc(CO)nc(N)c12. The van der Waals surface area contributed by atoms with Crippen molar-refractivity contribution in [2.75, 3.05) is 67.4 Å². The Morgan fingerprint density at radius 2 is 0.655 bits per heavy atom. The molecule has 145 heavy (non-hydrogen) atoms. The van der Waals surface area contributed by atoms with Gasteiger partial charge in [-0.3, -0.25) is 28.8 Å². The number of ether oxygens (including phenoxy) is 6. The van der Waals surface area contributed by atoms with E-state index in [2.05, 4.69) is 79.9 Å². The van der Waals surface area contributed by atoms with E-state index >= 15 is 0 Å². The van der Waals surface area contributed by atoms with Crippen molar-refractivity contribution in [3.8, 4) is 0 Å². The Morgan fingerprint density at radius 3 is 0.924 bits per heavy atom. The van der Waals surface area contributed by atoms with Gasteiger partial charge in [0.05, 0.1) is 117 Å². The number of hydrogen-bond donors (Lipinski definition) is 29. The summed E-state index contributed by atoms with van der Waals surface area (Å²) in [6.45, 7) is 6.05. The number of hydrogen-bond acceptors (Lipinski definition) is 49. The molecule has 12 aromatic heterocycles. The molecule has 0 aromatic carbocycles. The fourth-order valence-corrected chi connectivity index (χ4v) is 17.3. The number of fused-ring (bicyclic) bond motifs is 6. The minimum absolute atomic E-state index is 0.00196. The monoisotopic (exact) mass is 2040 g/mol. The molecule has 6 aliphatic heterocycles. The molecule has 6 fully saturated rings. The van der Waals surface area contributed by atoms with E-state index in [1.807, 2.05) is 0 Å². The maximum Gasteiger partial charge on any atom is 0.251 e. The zero-order chi connectivity index (χ0) is 107. The highest BCUT2D eigenvalue weighted by molar-refractivity contribution is 6.13. The van der Waals surface area contributed by atoms with Gasteiger partial charge in [-0.05, 0) is 52.6 Å². The lowest BCUT2D eigenvalue weighted by Crippen LogP contribution is -2.44. The fraction of sp³-hybridized carbons (Fsp3) is 0.468. The number of aromatic nitrogens is 18.